The number of oxime groups is 1. The van der Waals surface area contributed by atoms with Crippen LogP contribution in [0.25, 0.3) is 0 Å². The molecule has 6 heteroatoms. The second-order valence-electron chi connectivity index (χ2n) is 3.83. The summed E-state index contributed by atoms with van der Waals surface area (Å²) in [5.41, 5.74) is 9.69. The van der Waals surface area contributed by atoms with E-state index in [1.54, 1.807) is 13.8 Å². The number of amides is 1. The monoisotopic (exact) mass is 202 g/mol. The zero-order chi connectivity index (χ0) is 11.4. The fourth-order valence-electron chi connectivity index (χ4n) is 1.09. The Hall–Kier alpha value is -1.30. The van der Waals surface area contributed by atoms with Gasteiger partial charge in [-0.05, 0) is 20.8 Å². The Morgan fingerprint density at radius 1 is 1.57 bits per heavy atom. The number of amidine groups is 1. The van der Waals surface area contributed by atoms with Crippen LogP contribution in [0.4, 0.5) is 0 Å². The first-order chi connectivity index (χ1) is 6.29. The van der Waals surface area contributed by atoms with Crippen LogP contribution in [-0.2, 0) is 4.79 Å². The largest absolute Gasteiger partial charge is 0.409 e. The van der Waals surface area contributed by atoms with Gasteiger partial charge in [0.05, 0.1) is 5.54 Å². The fourth-order valence-corrected chi connectivity index (χ4v) is 1.09. The van der Waals surface area contributed by atoms with Gasteiger partial charge in [-0.25, -0.2) is 0 Å². The first kappa shape index (κ1) is 12.7. The van der Waals surface area contributed by atoms with Crippen molar-refractivity contribution in [3.8, 4) is 0 Å². The van der Waals surface area contributed by atoms with Gasteiger partial charge in [0.2, 0.25) is 5.91 Å². The molecule has 0 bridgehead atoms. The van der Waals surface area contributed by atoms with Crippen LogP contribution in [0.2, 0.25) is 0 Å². The molecule has 1 amide bonds. The van der Waals surface area contributed by atoms with Crippen LogP contribution in [0, 0.1) is 0 Å². The molecule has 0 aliphatic heterocycles. The fraction of sp³-hybridized carbons (Fsp3) is 0.750. The highest BCUT2D eigenvalue weighted by Crippen LogP contribution is 2.04. The summed E-state index contributed by atoms with van der Waals surface area (Å²) in [5, 5.41) is 14.2. The molecule has 0 fully saturated rings. The van der Waals surface area contributed by atoms with Crippen molar-refractivity contribution in [2.45, 2.75) is 38.8 Å². The predicted molar refractivity (Wildman–Crippen MR) is 53.9 cm³/mol. The van der Waals surface area contributed by atoms with Gasteiger partial charge in [-0.1, -0.05) is 5.16 Å². The van der Waals surface area contributed by atoms with Crippen LogP contribution in [0.1, 0.15) is 27.2 Å². The van der Waals surface area contributed by atoms with Crippen molar-refractivity contribution in [3.05, 3.63) is 0 Å². The van der Waals surface area contributed by atoms with E-state index in [2.05, 4.69) is 10.5 Å². The van der Waals surface area contributed by atoms with Crippen molar-refractivity contribution in [3.63, 3.8) is 0 Å². The predicted octanol–water partition coefficient (Wildman–Crippen LogP) is -0.635. The molecule has 0 saturated carbocycles. The van der Waals surface area contributed by atoms with Crippen molar-refractivity contribution < 1.29 is 10.0 Å². The van der Waals surface area contributed by atoms with E-state index in [1.807, 2.05) is 6.92 Å². The summed E-state index contributed by atoms with van der Waals surface area (Å²) in [4.78, 5) is 11.0. The highest BCUT2D eigenvalue weighted by atomic mass is 16.4. The molecule has 0 aromatic carbocycles. The molecule has 0 aliphatic rings. The highest BCUT2D eigenvalue weighted by molar-refractivity contribution is 5.84. The van der Waals surface area contributed by atoms with Gasteiger partial charge in [0, 0.05) is 12.5 Å². The summed E-state index contributed by atoms with van der Waals surface area (Å²) in [5.74, 6) is -0.325. The Balaban J connectivity index is 4.19. The van der Waals surface area contributed by atoms with Gasteiger partial charge >= 0.3 is 0 Å². The minimum absolute atomic E-state index is 0.0894. The first-order valence-electron chi connectivity index (χ1n) is 4.33. The standard InChI is InChI=1S/C8H18N4O2/c1-5(4-6(9)12-14)11-8(2,3)7(10)13/h5,11,14H,4H2,1-3H3,(H2,9,12)(H2,10,13). The molecule has 0 radical (unpaired) electrons. The quantitative estimate of drug-likeness (QED) is 0.205. The lowest BCUT2D eigenvalue weighted by atomic mass is 10.0. The smallest absolute Gasteiger partial charge is 0.237 e. The topological polar surface area (TPSA) is 114 Å². The van der Waals surface area contributed by atoms with E-state index < -0.39 is 11.4 Å². The Morgan fingerprint density at radius 2 is 2.07 bits per heavy atom. The number of hydrogen-bond donors (Lipinski definition) is 4. The number of hydrogen-bond acceptors (Lipinski definition) is 4. The zero-order valence-corrected chi connectivity index (χ0v) is 8.74. The number of nitrogens with zero attached hydrogens (tertiary/aromatic N) is 1. The third-order valence-corrected chi connectivity index (χ3v) is 1.87. The Morgan fingerprint density at radius 3 is 2.43 bits per heavy atom. The number of carbonyl (C=O) groups is 1. The van der Waals surface area contributed by atoms with Crippen LogP contribution >= 0.6 is 0 Å². The molecule has 0 aliphatic carbocycles. The molecular weight excluding hydrogens is 184 g/mol. The molecular formula is C8H18N4O2. The minimum atomic E-state index is -0.796. The van der Waals surface area contributed by atoms with Crippen molar-refractivity contribution in [2.75, 3.05) is 0 Å². The lowest BCUT2D eigenvalue weighted by molar-refractivity contribution is -0.123. The van der Waals surface area contributed by atoms with Gasteiger partial charge in [-0.2, -0.15) is 0 Å². The van der Waals surface area contributed by atoms with Gasteiger partial charge in [0.25, 0.3) is 0 Å². The number of primary amides is 1. The summed E-state index contributed by atoms with van der Waals surface area (Å²) >= 11 is 0. The number of rotatable bonds is 5. The molecule has 0 aromatic heterocycles. The maximum atomic E-state index is 11.0. The second-order valence-corrected chi connectivity index (χ2v) is 3.83. The van der Waals surface area contributed by atoms with Crippen LogP contribution in [0.3, 0.4) is 0 Å². The molecule has 82 valence electrons. The summed E-state index contributed by atoms with van der Waals surface area (Å²) < 4.78 is 0. The van der Waals surface area contributed by atoms with Gasteiger partial charge in [-0.3, -0.25) is 4.79 Å². The molecule has 0 spiro atoms. The lowest BCUT2D eigenvalue weighted by Gasteiger charge is -2.26. The summed E-state index contributed by atoms with van der Waals surface area (Å²) in [6.45, 7) is 5.18. The van der Waals surface area contributed by atoms with Gasteiger partial charge in [0.1, 0.15) is 5.84 Å². The van der Waals surface area contributed by atoms with E-state index in [9.17, 15) is 4.79 Å². The van der Waals surface area contributed by atoms with Crippen molar-refractivity contribution >= 4 is 11.7 Å². The van der Waals surface area contributed by atoms with Crippen molar-refractivity contribution in [1.82, 2.24) is 5.32 Å². The summed E-state index contributed by atoms with van der Waals surface area (Å²) in [6.07, 6.45) is 0.354. The number of nitrogens with two attached hydrogens (primary N) is 2. The van der Waals surface area contributed by atoms with E-state index in [0.717, 1.165) is 0 Å². The molecule has 0 aromatic rings. The number of nitrogens with one attached hydrogen (secondary N) is 1. The normalized spacial score (nSPS) is 15.2. The molecule has 0 rings (SSSR count). The van der Waals surface area contributed by atoms with E-state index in [0.29, 0.717) is 6.42 Å². The molecule has 6 nitrogen and oxygen atoms in total. The van der Waals surface area contributed by atoms with E-state index in [1.165, 1.54) is 0 Å². The van der Waals surface area contributed by atoms with Gasteiger partial charge in [0.15, 0.2) is 0 Å². The molecule has 14 heavy (non-hydrogen) atoms. The highest BCUT2D eigenvalue weighted by Gasteiger charge is 2.26. The van der Waals surface area contributed by atoms with Crippen LogP contribution in [-0.4, -0.2) is 28.5 Å². The Labute approximate surface area is 83.3 Å². The maximum absolute atomic E-state index is 11.0. The molecule has 1 unspecified atom stereocenters. The van der Waals surface area contributed by atoms with Crippen LogP contribution in [0.5, 0.6) is 0 Å². The SMILES string of the molecule is CC(CC(N)=NO)NC(C)(C)C(N)=O. The zero-order valence-electron chi connectivity index (χ0n) is 8.74. The van der Waals surface area contributed by atoms with Crippen molar-refractivity contribution in [1.29, 1.82) is 0 Å². The third kappa shape index (κ3) is 4.08. The van der Waals surface area contributed by atoms with E-state index in [4.69, 9.17) is 16.7 Å². The van der Waals surface area contributed by atoms with Crippen LogP contribution in [0.15, 0.2) is 5.16 Å². The number of carbonyl (C=O) groups excluding carboxylic acids is 1. The van der Waals surface area contributed by atoms with Crippen molar-refractivity contribution in [2.24, 2.45) is 16.6 Å². The van der Waals surface area contributed by atoms with E-state index >= 15 is 0 Å². The van der Waals surface area contributed by atoms with Crippen LogP contribution < -0.4 is 16.8 Å². The lowest BCUT2D eigenvalue weighted by Crippen LogP contribution is -2.54. The molecule has 6 N–H and O–H groups in total. The minimum Gasteiger partial charge on any atom is -0.409 e. The average Bonchev–Trinajstić information content (AvgIpc) is 2.02. The Kier molecular flexibility index (Phi) is 4.36. The third-order valence-electron chi connectivity index (χ3n) is 1.87. The van der Waals surface area contributed by atoms with Gasteiger partial charge < -0.3 is 22.0 Å². The van der Waals surface area contributed by atoms with E-state index in [-0.39, 0.29) is 11.9 Å². The van der Waals surface area contributed by atoms with Gasteiger partial charge in [-0.15, -0.1) is 0 Å². The summed E-state index contributed by atoms with van der Waals surface area (Å²) in [6, 6.07) is -0.0894. The first-order valence-corrected chi connectivity index (χ1v) is 4.33. The molecule has 1 atom stereocenters. The molecule has 0 saturated heterocycles. The average molecular weight is 202 g/mol. The molecule has 0 heterocycles. The second kappa shape index (κ2) is 4.80. The Bertz CT molecular complexity index is 237. The maximum Gasteiger partial charge on any atom is 0.237 e. The summed E-state index contributed by atoms with van der Waals surface area (Å²) in [7, 11) is 0.